The number of unbranched alkanes of at least 4 members (excludes halogenated alkanes) is 4. The van der Waals surface area contributed by atoms with Gasteiger partial charge in [0.25, 0.3) is 0 Å². The normalized spacial score (nSPS) is 10.9. The van der Waals surface area contributed by atoms with Crippen molar-refractivity contribution in [1.82, 2.24) is 5.32 Å². The van der Waals surface area contributed by atoms with E-state index in [-0.39, 0.29) is 5.97 Å². The third kappa shape index (κ3) is 13.5. The van der Waals surface area contributed by atoms with E-state index in [0.29, 0.717) is 13.2 Å². The Kier molecular flexibility index (Phi) is 12.5. The third-order valence-electron chi connectivity index (χ3n) is 2.92. The maximum Gasteiger partial charge on any atom is 0.319 e. The standard InChI is InChI=1S/C15H31NO2/c1-4-5-12-18-15(17)13-16-11-9-7-6-8-10-14(2)3/h14,16H,4-13H2,1-3H3. The van der Waals surface area contributed by atoms with E-state index in [2.05, 4.69) is 26.1 Å². The van der Waals surface area contributed by atoms with Crippen LogP contribution >= 0.6 is 0 Å². The molecule has 3 nitrogen and oxygen atoms in total. The van der Waals surface area contributed by atoms with Gasteiger partial charge in [-0.25, -0.2) is 0 Å². The molecule has 0 spiro atoms. The molecule has 0 fully saturated rings. The molecule has 0 amide bonds. The van der Waals surface area contributed by atoms with Gasteiger partial charge in [-0.05, 0) is 25.3 Å². The number of ether oxygens (including phenoxy) is 1. The van der Waals surface area contributed by atoms with Crippen LogP contribution in [-0.4, -0.2) is 25.7 Å². The van der Waals surface area contributed by atoms with Gasteiger partial charge in [-0.15, -0.1) is 0 Å². The highest BCUT2D eigenvalue weighted by molar-refractivity contribution is 5.71. The largest absolute Gasteiger partial charge is 0.465 e. The van der Waals surface area contributed by atoms with Crippen LogP contribution in [0.25, 0.3) is 0 Å². The van der Waals surface area contributed by atoms with Gasteiger partial charge >= 0.3 is 5.97 Å². The second-order valence-electron chi connectivity index (χ2n) is 5.35. The summed E-state index contributed by atoms with van der Waals surface area (Å²) in [5, 5.41) is 3.14. The molecule has 0 aliphatic carbocycles. The molecular formula is C15H31NO2. The summed E-state index contributed by atoms with van der Waals surface area (Å²) < 4.78 is 5.05. The lowest BCUT2D eigenvalue weighted by molar-refractivity contribution is -0.142. The van der Waals surface area contributed by atoms with Gasteiger partial charge in [0.15, 0.2) is 0 Å². The molecule has 0 aliphatic rings. The molecule has 0 aromatic heterocycles. The minimum Gasteiger partial charge on any atom is -0.465 e. The monoisotopic (exact) mass is 257 g/mol. The molecule has 0 aromatic carbocycles. The molecule has 18 heavy (non-hydrogen) atoms. The summed E-state index contributed by atoms with van der Waals surface area (Å²) in [6.07, 6.45) is 8.40. The Morgan fingerprint density at radius 2 is 1.83 bits per heavy atom. The van der Waals surface area contributed by atoms with Crippen molar-refractivity contribution in [3.05, 3.63) is 0 Å². The van der Waals surface area contributed by atoms with Crippen molar-refractivity contribution >= 4 is 5.97 Å². The van der Waals surface area contributed by atoms with Crippen LogP contribution in [0.4, 0.5) is 0 Å². The van der Waals surface area contributed by atoms with Crippen molar-refractivity contribution in [2.24, 2.45) is 5.92 Å². The molecule has 1 N–H and O–H groups in total. The molecule has 0 unspecified atom stereocenters. The third-order valence-corrected chi connectivity index (χ3v) is 2.92. The summed E-state index contributed by atoms with van der Waals surface area (Å²) in [6, 6.07) is 0. The van der Waals surface area contributed by atoms with Crippen LogP contribution in [0.1, 0.15) is 65.7 Å². The zero-order chi connectivity index (χ0) is 13.6. The summed E-state index contributed by atoms with van der Waals surface area (Å²) in [6.45, 7) is 8.47. The maximum atomic E-state index is 11.2. The van der Waals surface area contributed by atoms with Crippen LogP contribution in [0.2, 0.25) is 0 Å². The number of rotatable bonds is 12. The van der Waals surface area contributed by atoms with E-state index in [1.807, 2.05) is 0 Å². The lowest BCUT2D eigenvalue weighted by atomic mass is 10.0. The highest BCUT2D eigenvalue weighted by atomic mass is 16.5. The molecule has 0 radical (unpaired) electrons. The van der Waals surface area contributed by atoms with Crippen molar-refractivity contribution in [1.29, 1.82) is 0 Å². The van der Waals surface area contributed by atoms with Gasteiger partial charge in [-0.3, -0.25) is 4.79 Å². The Morgan fingerprint density at radius 3 is 2.50 bits per heavy atom. The van der Waals surface area contributed by atoms with Gasteiger partial charge in [0.2, 0.25) is 0 Å². The first kappa shape index (κ1) is 17.4. The second kappa shape index (κ2) is 12.9. The first-order valence-electron chi connectivity index (χ1n) is 7.53. The summed E-state index contributed by atoms with van der Waals surface area (Å²) in [7, 11) is 0. The molecule has 0 bridgehead atoms. The first-order chi connectivity index (χ1) is 8.66. The quantitative estimate of drug-likeness (QED) is 0.429. The summed E-state index contributed by atoms with van der Waals surface area (Å²) >= 11 is 0. The lowest BCUT2D eigenvalue weighted by Crippen LogP contribution is -2.25. The van der Waals surface area contributed by atoms with E-state index < -0.39 is 0 Å². The first-order valence-corrected chi connectivity index (χ1v) is 7.53. The minimum atomic E-state index is -0.122. The van der Waals surface area contributed by atoms with Crippen molar-refractivity contribution < 1.29 is 9.53 Å². The number of hydrogen-bond acceptors (Lipinski definition) is 3. The van der Waals surface area contributed by atoms with Gasteiger partial charge in [-0.2, -0.15) is 0 Å². The van der Waals surface area contributed by atoms with Crippen molar-refractivity contribution in [3.63, 3.8) is 0 Å². The van der Waals surface area contributed by atoms with Gasteiger partial charge < -0.3 is 10.1 Å². The Hall–Kier alpha value is -0.570. The number of carbonyl (C=O) groups is 1. The summed E-state index contributed by atoms with van der Waals surface area (Å²) in [5.41, 5.74) is 0. The van der Waals surface area contributed by atoms with Gasteiger partial charge in [0.1, 0.15) is 0 Å². The van der Waals surface area contributed by atoms with Gasteiger partial charge in [0.05, 0.1) is 13.2 Å². The zero-order valence-corrected chi connectivity index (χ0v) is 12.5. The van der Waals surface area contributed by atoms with Crippen LogP contribution in [-0.2, 0) is 9.53 Å². The van der Waals surface area contributed by atoms with Crippen LogP contribution in [0.15, 0.2) is 0 Å². The molecular weight excluding hydrogens is 226 g/mol. The van der Waals surface area contributed by atoms with Crippen molar-refractivity contribution in [3.8, 4) is 0 Å². The van der Waals surface area contributed by atoms with Crippen LogP contribution in [0, 0.1) is 5.92 Å². The fourth-order valence-electron chi connectivity index (χ4n) is 1.73. The Balaban J connectivity index is 3.12. The van der Waals surface area contributed by atoms with Crippen LogP contribution in [0.5, 0.6) is 0 Å². The zero-order valence-electron chi connectivity index (χ0n) is 12.5. The molecule has 0 saturated heterocycles. The number of hydrogen-bond donors (Lipinski definition) is 1. The molecule has 0 rings (SSSR count). The lowest BCUT2D eigenvalue weighted by Gasteiger charge is -2.06. The number of esters is 1. The molecule has 0 saturated carbocycles. The summed E-state index contributed by atoms with van der Waals surface area (Å²) in [5.74, 6) is 0.698. The molecule has 108 valence electrons. The van der Waals surface area contributed by atoms with Crippen LogP contribution in [0.3, 0.4) is 0 Å². The molecule has 0 aromatic rings. The van der Waals surface area contributed by atoms with Gasteiger partial charge in [-0.1, -0.05) is 52.9 Å². The topological polar surface area (TPSA) is 38.3 Å². The minimum absolute atomic E-state index is 0.122. The molecule has 3 heteroatoms. The predicted molar refractivity (Wildman–Crippen MR) is 76.7 cm³/mol. The van der Waals surface area contributed by atoms with E-state index in [1.54, 1.807) is 0 Å². The van der Waals surface area contributed by atoms with E-state index in [4.69, 9.17) is 4.74 Å². The van der Waals surface area contributed by atoms with Crippen molar-refractivity contribution in [2.75, 3.05) is 19.7 Å². The predicted octanol–water partition coefficient (Wildman–Crippen LogP) is 3.53. The Bertz CT molecular complexity index is 193. The number of nitrogens with one attached hydrogen (secondary N) is 1. The maximum absolute atomic E-state index is 11.2. The Morgan fingerprint density at radius 1 is 1.11 bits per heavy atom. The van der Waals surface area contributed by atoms with E-state index in [1.165, 1.54) is 25.7 Å². The average molecular weight is 257 g/mol. The molecule has 0 aliphatic heterocycles. The van der Waals surface area contributed by atoms with Crippen LogP contribution < -0.4 is 5.32 Å². The second-order valence-corrected chi connectivity index (χ2v) is 5.35. The fourth-order valence-corrected chi connectivity index (χ4v) is 1.73. The van der Waals surface area contributed by atoms with E-state index in [9.17, 15) is 4.79 Å². The van der Waals surface area contributed by atoms with Crippen molar-refractivity contribution in [2.45, 2.75) is 65.7 Å². The highest BCUT2D eigenvalue weighted by Crippen LogP contribution is 2.08. The number of carbonyl (C=O) groups excluding carboxylic acids is 1. The average Bonchev–Trinajstić information content (AvgIpc) is 2.32. The Labute approximate surface area is 113 Å². The van der Waals surface area contributed by atoms with E-state index in [0.717, 1.165) is 31.7 Å². The van der Waals surface area contributed by atoms with E-state index >= 15 is 0 Å². The summed E-state index contributed by atoms with van der Waals surface area (Å²) in [4.78, 5) is 11.2. The highest BCUT2D eigenvalue weighted by Gasteiger charge is 2.00. The molecule has 0 atom stereocenters. The SMILES string of the molecule is CCCCOC(=O)CNCCCCCCC(C)C. The molecule has 0 heterocycles. The van der Waals surface area contributed by atoms with Gasteiger partial charge in [0, 0.05) is 0 Å². The smallest absolute Gasteiger partial charge is 0.319 e. The fraction of sp³-hybridized carbons (Fsp3) is 0.933.